The average Bonchev–Trinajstić information content (AvgIpc) is 2.18. The Labute approximate surface area is 84.6 Å². The second kappa shape index (κ2) is 3.67. The maximum atomic E-state index is 12.8. The van der Waals surface area contributed by atoms with Crippen LogP contribution in [-0.2, 0) is 0 Å². The van der Waals surface area contributed by atoms with E-state index < -0.39 is 5.95 Å². The van der Waals surface area contributed by atoms with Gasteiger partial charge in [-0.2, -0.15) is 4.39 Å². The van der Waals surface area contributed by atoms with Gasteiger partial charge >= 0.3 is 0 Å². The molecule has 0 atom stereocenters. The summed E-state index contributed by atoms with van der Waals surface area (Å²) in [5.41, 5.74) is 0.832. The zero-order valence-corrected chi connectivity index (χ0v) is 7.74. The minimum absolute atomic E-state index is 0.352. The Morgan fingerprint density at radius 3 is 2.86 bits per heavy atom. The summed E-state index contributed by atoms with van der Waals surface area (Å²) in [7, 11) is 0. The van der Waals surface area contributed by atoms with Gasteiger partial charge in [0.1, 0.15) is 12.0 Å². The third-order valence-electron chi connectivity index (χ3n) is 1.63. The fraction of sp³-hybridized carbons (Fsp3) is 0. The number of halogens is 2. The molecule has 2 aromatic rings. The lowest BCUT2D eigenvalue weighted by atomic mass is 10.2. The highest BCUT2D eigenvalue weighted by Crippen LogP contribution is 2.22. The van der Waals surface area contributed by atoms with E-state index in [4.69, 9.17) is 11.6 Å². The molecular weight excluding hydrogens is 205 g/mol. The van der Waals surface area contributed by atoms with E-state index >= 15 is 0 Å². The Bertz CT molecular complexity index is 461. The monoisotopic (exact) mass is 209 g/mol. The van der Waals surface area contributed by atoms with Crippen LogP contribution in [-0.4, -0.2) is 15.0 Å². The highest BCUT2D eigenvalue weighted by molar-refractivity contribution is 6.32. The molecule has 0 spiro atoms. The topological polar surface area (TPSA) is 38.7 Å². The third-order valence-corrected chi connectivity index (χ3v) is 1.90. The van der Waals surface area contributed by atoms with Gasteiger partial charge in [0.25, 0.3) is 0 Å². The molecule has 0 amide bonds. The van der Waals surface area contributed by atoms with Crippen molar-refractivity contribution in [3.8, 4) is 11.4 Å². The lowest BCUT2D eigenvalue weighted by Gasteiger charge is -2.00. The molecular formula is C9H5ClFN3. The zero-order chi connectivity index (χ0) is 9.97. The van der Waals surface area contributed by atoms with Gasteiger partial charge in [-0.15, -0.1) is 0 Å². The molecule has 0 saturated heterocycles. The molecule has 0 fully saturated rings. The second-order valence-corrected chi connectivity index (χ2v) is 2.97. The van der Waals surface area contributed by atoms with Crippen molar-refractivity contribution in [3.05, 3.63) is 41.7 Å². The van der Waals surface area contributed by atoms with Gasteiger partial charge in [-0.05, 0) is 12.1 Å². The van der Waals surface area contributed by atoms with Gasteiger partial charge in [0.15, 0.2) is 0 Å². The quantitative estimate of drug-likeness (QED) is 0.677. The van der Waals surface area contributed by atoms with E-state index in [2.05, 4.69) is 15.0 Å². The maximum Gasteiger partial charge on any atom is 0.213 e. The highest BCUT2D eigenvalue weighted by Gasteiger charge is 2.06. The number of aromatic nitrogens is 3. The van der Waals surface area contributed by atoms with Crippen LogP contribution < -0.4 is 0 Å². The molecule has 2 aromatic heterocycles. The fourth-order valence-corrected chi connectivity index (χ4v) is 1.24. The largest absolute Gasteiger partial charge is 0.243 e. The molecule has 0 aliphatic carbocycles. The zero-order valence-electron chi connectivity index (χ0n) is 6.98. The van der Waals surface area contributed by atoms with Crippen LogP contribution in [0.1, 0.15) is 0 Å². The number of nitrogens with zero attached hydrogens (tertiary/aromatic N) is 3. The van der Waals surface area contributed by atoms with Crippen molar-refractivity contribution >= 4 is 11.6 Å². The molecule has 0 aliphatic heterocycles. The van der Waals surface area contributed by atoms with E-state index in [0.717, 1.165) is 0 Å². The molecule has 3 nitrogen and oxygen atoms in total. The van der Waals surface area contributed by atoms with Crippen molar-refractivity contribution in [2.75, 3.05) is 0 Å². The van der Waals surface area contributed by atoms with E-state index in [9.17, 15) is 4.39 Å². The predicted octanol–water partition coefficient (Wildman–Crippen LogP) is 2.33. The van der Waals surface area contributed by atoms with E-state index in [1.54, 1.807) is 12.1 Å². The molecule has 5 heteroatoms. The summed E-state index contributed by atoms with van der Waals surface area (Å²) in [4.78, 5) is 11.3. The van der Waals surface area contributed by atoms with Crippen molar-refractivity contribution in [1.29, 1.82) is 0 Å². The van der Waals surface area contributed by atoms with E-state index in [1.807, 2.05) is 0 Å². The highest BCUT2D eigenvalue weighted by atomic mass is 35.5. The second-order valence-electron chi connectivity index (χ2n) is 2.56. The summed E-state index contributed by atoms with van der Waals surface area (Å²) in [6.45, 7) is 0. The van der Waals surface area contributed by atoms with Crippen LogP contribution in [0.3, 0.4) is 0 Å². The molecule has 0 bridgehead atoms. The standard InChI is InChI=1S/C9H5ClFN3/c10-6-4-12-5-13-9(6)7-2-1-3-8(11)14-7/h1-5H. The third kappa shape index (κ3) is 1.70. The first-order chi connectivity index (χ1) is 6.77. The predicted molar refractivity (Wildman–Crippen MR) is 50.2 cm³/mol. The summed E-state index contributed by atoms with van der Waals surface area (Å²) in [5.74, 6) is -0.558. The van der Waals surface area contributed by atoms with Crippen LogP contribution in [0.2, 0.25) is 5.02 Å². The summed E-state index contributed by atoms with van der Waals surface area (Å²) in [5, 5.41) is 0.352. The number of rotatable bonds is 1. The normalized spacial score (nSPS) is 10.1. The van der Waals surface area contributed by atoms with Gasteiger partial charge in [-0.1, -0.05) is 17.7 Å². The van der Waals surface area contributed by atoms with Crippen LogP contribution >= 0.6 is 11.6 Å². The molecule has 0 saturated carbocycles. The molecule has 0 radical (unpaired) electrons. The van der Waals surface area contributed by atoms with Crippen molar-refractivity contribution < 1.29 is 4.39 Å². The minimum Gasteiger partial charge on any atom is -0.243 e. The number of pyridine rings is 1. The Morgan fingerprint density at radius 2 is 2.14 bits per heavy atom. The molecule has 0 unspecified atom stereocenters. The number of hydrogen-bond donors (Lipinski definition) is 0. The Balaban J connectivity index is 2.55. The van der Waals surface area contributed by atoms with Gasteiger partial charge in [0, 0.05) is 6.20 Å². The molecule has 2 heterocycles. The lowest BCUT2D eigenvalue weighted by molar-refractivity contribution is 0.585. The number of hydrogen-bond acceptors (Lipinski definition) is 3. The van der Waals surface area contributed by atoms with E-state index in [-0.39, 0.29) is 0 Å². The Hall–Kier alpha value is -1.55. The Morgan fingerprint density at radius 1 is 1.29 bits per heavy atom. The van der Waals surface area contributed by atoms with Crippen LogP contribution in [0, 0.1) is 5.95 Å². The molecule has 14 heavy (non-hydrogen) atoms. The van der Waals surface area contributed by atoms with Crippen molar-refractivity contribution in [1.82, 2.24) is 15.0 Å². The van der Waals surface area contributed by atoms with Crippen LogP contribution in [0.15, 0.2) is 30.7 Å². The average molecular weight is 210 g/mol. The summed E-state index contributed by atoms with van der Waals surface area (Å²) in [6, 6.07) is 4.45. The molecule has 70 valence electrons. The maximum absolute atomic E-state index is 12.8. The summed E-state index contributed by atoms with van der Waals surface area (Å²) >= 11 is 5.82. The Kier molecular flexibility index (Phi) is 2.37. The SMILES string of the molecule is Fc1cccc(-c2ncncc2Cl)n1. The molecule has 0 aromatic carbocycles. The summed E-state index contributed by atoms with van der Waals surface area (Å²) < 4.78 is 12.8. The van der Waals surface area contributed by atoms with E-state index in [1.165, 1.54) is 18.6 Å². The smallest absolute Gasteiger partial charge is 0.213 e. The molecule has 0 N–H and O–H groups in total. The van der Waals surface area contributed by atoms with E-state index in [0.29, 0.717) is 16.4 Å². The van der Waals surface area contributed by atoms with Crippen LogP contribution in [0.5, 0.6) is 0 Å². The first-order valence-electron chi connectivity index (χ1n) is 3.86. The van der Waals surface area contributed by atoms with Gasteiger partial charge in [-0.3, -0.25) is 0 Å². The lowest BCUT2D eigenvalue weighted by Crippen LogP contribution is -1.91. The molecule has 0 aliphatic rings. The van der Waals surface area contributed by atoms with Crippen molar-refractivity contribution in [2.24, 2.45) is 0 Å². The molecule has 2 rings (SSSR count). The van der Waals surface area contributed by atoms with Gasteiger partial charge in [-0.25, -0.2) is 15.0 Å². The van der Waals surface area contributed by atoms with Gasteiger partial charge < -0.3 is 0 Å². The first kappa shape index (κ1) is 9.02. The fourth-order valence-electron chi connectivity index (χ4n) is 1.04. The van der Waals surface area contributed by atoms with Crippen molar-refractivity contribution in [3.63, 3.8) is 0 Å². The summed E-state index contributed by atoms with van der Waals surface area (Å²) in [6.07, 6.45) is 2.78. The van der Waals surface area contributed by atoms with Crippen molar-refractivity contribution in [2.45, 2.75) is 0 Å². The van der Waals surface area contributed by atoms with Gasteiger partial charge in [0.2, 0.25) is 5.95 Å². The van der Waals surface area contributed by atoms with Gasteiger partial charge in [0.05, 0.1) is 10.7 Å². The minimum atomic E-state index is -0.558. The van der Waals surface area contributed by atoms with Crippen LogP contribution in [0.4, 0.5) is 4.39 Å². The first-order valence-corrected chi connectivity index (χ1v) is 4.23. The van der Waals surface area contributed by atoms with Crippen LogP contribution in [0.25, 0.3) is 11.4 Å².